The number of rotatable bonds is 64. The summed E-state index contributed by atoms with van der Waals surface area (Å²) in [6.45, 7) is 6.67. The molecule has 0 heterocycles. The molecule has 460 valence electrons. The molecule has 1 unspecified atom stereocenters. The second kappa shape index (κ2) is 67.6. The van der Waals surface area contributed by atoms with Gasteiger partial charge in [-0.25, -0.2) is 0 Å². The maximum Gasteiger partial charge on any atom is 0.306 e. The Morgan fingerprint density at radius 2 is 0.456 bits per heavy atom. The van der Waals surface area contributed by atoms with Crippen LogP contribution < -0.4 is 0 Å². The first-order valence-corrected chi connectivity index (χ1v) is 34.8. The van der Waals surface area contributed by atoms with E-state index in [0.29, 0.717) is 19.3 Å². The zero-order chi connectivity index (χ0) is 57.1. The minimum Gasteiger partial charge on any atom is -0.462 e. The topological polar surface area (TPSA) is 78.9 Å². The van der Waals surface area contributed by atoms with E-state index in [4.69, 9.17) is 14.2 Å². The van der Waals surface area contributed by atoms with Crippen molar-refractivity contribution in [1.82, 2.24) is 0 Å². The maximum atomic E-state index is 13.0. The van der Waals surface area contributed by atoms with Crippen LogP contribution in [0.2, 0.25) is 0 Å². The molecular weight excluding hydrogens is 973 g/mol. The van der Waals surface area contributed by atoms with Crippen LogP contribution in [0, 0.1) is 0 Å². The summed E-state index contributed by atoms with van der Waals surface area (Å²) in [6.07, 6.45) is 86.6. The zero-order valence-electron chi connectivity index (χ0n) is 52.9. The van der Waals surface area contributed by atoms with Crippen LogP contribution in [0.15, 0.2) is 60.8 Å². The van der Waals surface area contributed by atoms with Crippen LogP contribution in [-0.4, -0.2) is 37.2 Å². The van der Waals surface area contributed by atoms with Crippen LogP contribution in [0.5, 0.6) is 0 Å². The second-order valence-electron chi connectivity index (χ2n) is 23.4. The van der Waals surface area contributed by atoms with E-state index in [-0.39, 0.29) is 31.1 Å². The van der Waals surface area contributed by atoms with Crippen LogP contribution in [0.3, 0.4) is 0 Å². The van der Waals surface area contributed by atoms with Crippen molar-refractivity contribution in [2.45, 2.75) is 374 Å². The minimum absolute atomic E-state index is 0.0735. The van der Waals surface area contributed by atoms with Crippen molar-refractivity contribution in [3.05, 3.63) is 60.8 Å². The molecule has 6 nitrogen and oxygen atoms in total. The third kappa shape index (κ3) is 65.8. The molecule has 0 spiro atoms. The number of unbranched alkanes of at least 4 members (excludes halogenated alkanes) is 43. The summed E-state index contributed by atoms with van der Waals surface area (Å²) in [5, 5.41) is 0. The smallest absolute Gasteiger partial charge is 0.306 e. The highest BCUT2D eigenvalue weighted by Crippen LogP contribution is 2.17. The lowest BCUT2D eigenvalue weighted by Gasteiger charge is -2.18. The Morgan fingerprint density at radius 3 is 0.709 bits per heavy atom. The highest BCUT2D eigenvalue weighted by Gasteiger charge is 2.19. The molecule has 0 aromatic heterocycles. The minimum atomic E-state index is -0.778. The Kier molecular flexibility index (Phi) is 65.1. The predicted octanol–water partition coefficient (Wildman–Crippen LogP) is 23.9. The maximum absolute atomic E-state index is 13.0. The van der Waals surface area contributed by atoms with Gasteiger partial charge in [0.1, 0.15) is 13.2 Å². The monoisotopic (exact) mass is 1110 g/mol. The molecule has 0 aromatic carbocycles. The molecule has 0 bridgehead atoms. The highest BCUT2D eigenvalue weighted by molar-refractivity contribution is 5.71. The van der Waals surface area contributed by atoms with Gasteiger partial charge in [0.2, 0.25) is 0 Å². The summed E-state index contributed by atoms with van der Waals surface area (Å²) in [5.41, 5.74) is 0. The fourth-order valence-electron chi connectivity index (χ4n) is 10.2. The quantitative estimate of drug-likeness (QED) is 0.0261. The van der Waals surface area contributed by atoms with Gasteiger partial charge in [-0.2, -0.15) is 0 Å². The van der Waals surface area contributed by atoms with Crippen molar-refractivity contribution in [1.29, 1.82) is 0 Å². The van der Waals surface area contributed by atoms with E-state index in [1.807, 2.05) is 0 Å². The average Bonchev–Trinajstić information content (AvgIpc) is 3.45. The molecule has 0 aliphatic carbocycles. The molecule has 0 aliphatic rings. The van der Waals surface area contributed by atoms with Crippen LogP contribution in [0.4, 0.5) is 0 Å². The lowest BCUT2D eigenvalue weighted by Crippen LogP contribution is -2.30. The van der Waals surface area contributed by atoms with Crippen LogP contribution in [-0.2, 0) is 28.6 Å². The molecule has 6 heteroatoms. The van der Waals surface area contributed by atoms with E-state index < -0.39 is 6.10 Å². The molecule has 0 rings (SSSR count). The number of hydrogen-bond donors (Lipinski definition) is 0. The van der Waals surface area contributed by atoms with Crippen molar-refractivity contribution < 1.29 is 28.6 Å². The van der Waals surface area contributed by atoms with E-state index in [0.717, 1.165) is 83.5 Å². The molecule has 0 radical (unpaired) electrons. The summed E-state index contributed by atoms with van der Waals surface area (Å²) in [7, 11) is 0. The molecule has 0 N–H and O–H groups in total. The summed E-state index contributed by atoms with van der Waals surface area (Å²) in [6, 6.07) is 0. The van der Waals surface area contributed by atoms with Gasteiger partial charge >= 0.3 is 17.9 Å². The Hall–Kier alpha value is -2.89. The number of hydrogen-bond acceptors (Lipinski definition) is 6. The first kappa shape index (κ1) is 76.1. The lowest BCUT2D eigenvalue weighted by atomic mass is 10.0. The Balaban J connectivity index is 4.33. The molecule has 79 heavy (non-hydrogen) atoms. The van der Waals surface area contributed by atoms with Gasteiger partial charge < -0.3 is 14.2 Å². The van der Waals surface area contributed by atoms with Gasteiger partial charge in [-0.15, -0.1) is 0 Å². The standard InChI is InChI=1S/C73H132O6/c1-4-7-10-13-16-19-22-25-28-30-32-34-36-38-40-42-45-48-51-54-57-60-63-66-72(75)78-69-70(68-77-71(74)65-62-59-56-53-50-47-44-27-24-21-18-15-12-9-6-3)79-73(76)67-64-61-58-55-52-49-46-43-41-39-37-35-33-31-29-26-23-20-17-14-11-8-5-2/h22-23,25-26,30-33,36,38,70H,4-21,24,27-29,34-35,37,39-69H2,1-3H3/b25-22-,26-23-,32-30-,33-31-,38-36-. The average molecular weight is 1110 g/mol. The van der Waals surface area contributed by atoms with Crippen molar-refractivity contribution in [2.24, 2.45) is 0 Å². The molecule has 0 fully saturated rings. The predicted molar refractivity (Wildman–Crippen MR) is 344 cm³/mol. The number of ether oxygens (including phenoxy) is 3. The summed E-state index contributed by atoms with van der Waals surface area (Å²) in [4.78, 5) is 38.4. The first-order chi connectivity index (χ1) is 39.0. The van der Waals surface area contributed by atoms with Crippen molar-refractivity contribution in [3.8, 4) is 0 Å². The first-order valence-electron chi connectivity index (χ1n) is 34.8. The van der Waals surface area contributed by atoms with E-state index in [1.165, 1.54) is 244 Å². The van der Waals surface area contributed by atoms with Gasteiger partial charge in [0.25, 0.3) is 0 Å². The van der Waals surface area contributed by atoms with Crippen LogP contribution in [0.25, 0.3) is 0 Å². The van der Waals surface area contributed by atoms with Crippen molar-refractivity contribution in [2.75, 3.05) is 13.2 Å². The van der Waals surface area contributed by atoms with Gasteiger partial charge in [0.15, 0.2) is 6.10 Å². The normalized spacial score (nSPS) is 12.4. The van der Waals surface area contributed by atoms with Gasteiger partial charge in [0, 0.05) is 19.3 Å². The fraction of sp³-hybridized carbons (Fsp3) is 0.822. The van der Waals surface area contributed by atoms with Crippen LogP contribution >= 0.6 is 0 Å². The van der Waals surface area contributed by atoms with Crippen molar-refractivity contribution >= 4 is 17.9 Å². The summed E-state index contributed by atoms with van der Waals surface area (Å²) >= 11 is 0. The number of carbonyl (C=O) groups excluding carboxylic acids is 3. The summed E-state index contributed by atoms with van der Waals surface area (Å²) in [5.74, 6) is -0.860. The Labute approximate surface area is 491 Å². The molecule has 0 saturated heterocycles. The van der Waals surface area contributed by atoms with E-state index >= 15 is 0 Å². The lowest BCUT2D eigenvalue weighted by molar-refractivity contribution is -0.167. The van der Waals surface area contributed by atoms with Crippen molar-refractivity contribution in [3.63, 3.8) is 0 Å². The molecule has 0 aromatic rings. The molecule has 0 amide bonds. The van der Waals surface area contributed by atoms with Gasteiger partial charge in [-0.3, -0.25) is 14.4 Å². The summed E-state index contributed by atoms with van der Waals surface area (Å²) < 4.78 is 17.0. The third-order valence-electron chi connectivity index (χ3n) is 15.5. The molecule has 1 atom stereocenters. The van der Waals surface area contributed by atoms with E-state index in [1.54, 1.807) is 0 Å². The van der Waals surface area contributed by atoms with E-state index in [9.17, 15) is 14.4 Å². The molecule has 0 saturated carbocycles. The number of allylic oxidation sites excluding steroid dienone is 10. The second-order valence-corrected chi connectivity index (χ2v) is 23.4. The van der Waals surface area contributed by atoms with Gasteiger partial charge in [0.05, 0.1) is 0 Å². The van der Waals surface area contributed by atoms with Gasteiger partial charge in [-0.05, 0) is 89.9 Å². The van der Waals surface area contributed by atoms with E-state index in [2.05, 4.69) is 81.5 Å². The Bertz CT molecular complexity index is 1410. The number of esters is 3. The third-order valence-corrected chi connectivity index (χ3v) is 15.5. The fourth-order valence-corrected chi connectivity index (χ4v) is 10.2. The highest BCUT2D eigenvalue weighted by atomic mass is 16.6. The zero-order valence-corrected chi connectivity index (χ0v) is 52.9. The van der Waals surface area contributed by atoms with Crippen LogP contribution in [0.1, 0.15) is 367 Å². The largest absolute Gasteiger partial charge is 0.462 e. The Morgan fingerprint density at radius 1 is 0.253 bits per heavy atom. The molecule has 0 aliphatic heterocycles. The number of carbonyl (C=O) groups is 3. The SMILES string of the molecule is CCCCCCC/C=C\C/C=C\C/C=C\CCCCCCCCCCC(=O)OCC(COC(=O)CCCCCCCCCCCCCCCCC)OC(=O)CCCCCCCCCCCCC/C=C\C/C=C\CCCCCCC. The molecular formula is C73H132O6. The van der Waals surface area contributed by atoms with Gasteiger partial charge in [-0.1, -0.05) is 319 Å².